The largest absolute Gasteiger partial charge is 0.451 e. The predicted molar refractivity (Wildman–Crippen MR) is 105 cm³/mol. The highest BCUT2D eigenvalue weighted by atomic mass is 16.5. The lowest BCUT2D eigenvalue weighted by molar-refractivity contribution is -0.123. The number of benzene rings is 2. The smallest absolute Gasteiger partial charge is 0.361 e. The maximum atomic E-state index is 12.3. The molecule has 8 heteroatoms. The van der Waals surface area contributed by atoms with Crippen LogP contribution in [-0.2, 0) is 9.53 Å². The first-order chi connectivity index (χ1) is 13.8. The summed E-state index contributed by atoms with van der Waals surface area (Å²) in [4.78, 5) is 37.5. The van der Waals surface area contributed by atoms with Crippen molar-refractivity contribution in [3.05, 3.63) is 76.6 Å². The molecular formula is C21H20N4O4. The van der Waals surface area contributed by atoms with E-state index < -0.39 is 24.4 Å². The van der Waals surface area contributed by atoms with Gasteiger partial charge in [-0.3, -0.25) is 14.9 Å². The highest BCUT2D eigenvalue weighted by Crippen LogP contribution is 2.15. The van der Waals surface area contributed by atoms with Crippen LogP contribution in [0.3, 0.4) is 0 Å². The number of rotatable bonds is 5. The zero-order chi connectivity index (χ0) is 21.0. The summed E-state index contributed by atoms with van der Waals surface area (Å²) in [7, 11) is 0. The van der Waals surface area contributed by atoms with Crippen LogP contribution >= 0.6 is 0 Å². The Balaban J connectivity index is 1.63. The van der Waals surface area contributed by atoms with E-state index in [2.05, 4.69) is 15.5 Å². The quantitative estimate of drug-likeness (QED) is 0.669. The Morgan fingerprint density at radius 1 is 1.00 bits per heavy atom. The van der Waals surface area contributed by atoms with E-state index in [-0.39, 0.29) is 5.69 Å². The zero-order valence-corrected chi connectivity index (χ0v) is 16.3. The maximum absolute atomic E-state index is 12.3. The molecule has 29 heavy (non-hydrogen) atoms. The summed E-state index contributed by atoms with van der Waals surface area (Å²) in [5, 5.41) is 10.6. The lowest BCUT2D eigenvalue weighted by atomic mass is 10.1. The minimum Gasteiger partial charge on any atom is -0.451 e. The van der Waals surface area contributed by atoms with E-state index in [0.29, 0.717) is 11.3 Å². The topological polar surface area (TPSA) is 103 Å². The Bertz CT molecular complexity index is 1070. The number of ether oxygens (including phenoxy) is 1. The van der Waals surface area contributed by atoms with E-state index in [1.807, 2.05) is 32.0 Å². The van der Waals surface area contributed by atoms with Crippen LogP contribution < -0.4 is 5.32 Å². The Kier molecular flexibility index (Phi) is 5.82. The molecule has 0 spiro atoms. The number of aromatic nitrogens is 3. The van der Waals surface area contributed by atoms with E-state index in [9.17, 15) is 14.4 Å². The number of nitrogens with zero attached hydrogens (tertiary/aromatic N) is 3. The minimum atomic E-state index is -0.791. The molecule has 0 aliphatic rings. The highest BCUT2D eigenvalue weighted by molar-refractivity contribution is 6.05. The fourth-order valence-electron chi connectivity index (χ4n) is 2.73. The number of amides is 2. The first-order valence-corrected chi connectivity index (χ1v) is 8.93. The number of carbonyl (C=O) groups excluding carboxylic acids is 3. The fourth-order valence-corrected chi connectivity index (χ4v) is 2.73. The standard InChI is InChI=1S/C21H20N4O4/c1-13-9-10-17(14(2)11-13)25-23-15(3)19(24-25)21(28)29-12-18(26)22-20(27)16-7-5-4-6-8-16/h4-11H,12H2,1-3H3,(H,22,26,27). The second-order valence-electron chi connectivity index (χ2n) is 6.53. The average Bonchev–Trinajstić information content (AvgIpc) is 3.08. The summed E-state index contributed by atoms with van der Waals surface area (Å²) in [6.45, 7) is 4.93. The molecule has 0 saturated carbocycles. The van der Waals surface area contributed by atoms with Gasteiger partial charge in [0.25, 0.3) is 11.8 Å². The Hall–Kier alpha value is -3.81. The van der Waals surface area contributed by atoms with Crippen LogP contribution in [0.2, 0.25) is 0 Å². The van der Waals surface area contributed by atoms with Crippen LogP contribution in [0, 0.1) is 20.8 Å². The summed E-state index contributed by atoms with van der Waals surface area (Å²) in [5.41, 5.74) is 3.51. The molecule has 3 rings (SSSR count). The molecule has 148 valence electrons. The van der Waals surface area contributed by atoms with Crippen LogP contribution in [0.1, 0.15) is 37.7 Å². The minimum absolute atomic E-state index is 0.00663. The van der Waals surface area contributed by atoms with Crippen molar-refractivity contribution in [1.82, 2.24) is 20.3 Å². The number of aryl methyl sites for hydroxylation is 3. The van der Waals surface area contributed by atoms with Crippen molar-refractivity contribution in [2.75, 3.05) is 6.61 Å². The van der Waals surface area contributed by atoms with Gasteiger partial charge in [-0.25, -0.2) is 4.79 Å². The molecular weight excluding hydrogens is 372 g/mol. The Morgan fingerprint density at radius 2 is 1.72 bits per heavy atom. The zero-order valence-electron chi connectivity index (χ0n) is 16.3. The van der Waals surface area contributed by atoms with Gasteiger partial charge in [0.2, 0.25) is 0 Å². The van der Waals surface area contributed by atoms with Gasteiger partial charge in [0.05, 0.1) is 11.4 Å². The Labute approximate surface area is 167 Å². The van der Waals surface area contributed by atoms with Crippen molar-refractivity contribution in [3.63, 3.8) is 0 Å². The molecule has 0 saturated heterocycles. The lowest BCUT2D eigenvalue weighted by Gasteiger charge is -2.05. The first-order valence-electron chi connectivity index (χ1n) is 8.93. The van der Waals surface area contributed by atoms with Crippen molar-refractivity contribution in [1.29, 1.82) is 0 Å². The lowest BCUT2D eigenvalue weighted by Crippen LogP contribution is -2.34. The molecule has 3 aromatic rings. The van der Waals surface area contributed by atoms with E-state index in [0.717, 1.165) is 16.8 Å². The molecule has 0 fully saturated rings. The van der Waals surface area contributed by atoms with Gasteiger partial charge in [0.15, 0.2) is 12.3 Å². The number of carbonyl (C=O) groups is 3. The van der Waals surface area contributed by atoms with Crippen molar-refractivity contribution in [2.45, 2.75) is 20.8 Å². The van der Waals surface area contributed by atoms with Crippen LogP contribution in [0.25, 0.3) is 5.69 Å². The molecule has 0 aliphatic heterocycles. The average molecular weight is 392 g/mol. The van der Waals surface area contributed by atoms with Crippen molar-refractivity contribution >= 4 is 17.8 Å². The first kappa shape index (κ1) is 19.9. The molecule has 1 heterocycles. The van der Waals surface area contributed by atoms with Gasteiger partial charge in [-0.1, -0.05) is 35.9 Å². The van der Waals surface area contributed by atoms with Gasteiger partial charge in [-0.15, -0.1) is 5.10 Å². The van der Waals surface area contributed by atoms with Gasteiger partial charge in [-0.05, 0) is 44.5 Å². The molecule has 0 aliphatic carbocycles. The molecule has 2 amide bonds. The van der Waals surface area contributed by atoms with Gasteiger partial charge in [-0.2, -0.15) is 9.90 Å². The van der Waals surface area contributed by atoms with E-state index in [4.69, 9.17) is 4.74 Å². The molecule has 0 bridgehead atoms. The summed E-state index contributed by atoms with van der Waals surface area (Å²) in [6.07, 6.45) is 0. The van der Waals surface area contributed by atoms with Gasteiger partial charge < -0.3 is 4.74 Å². The van der Waals surface area contributed by atoms with Crippen LogP contribution in [-0.4, -0.2) is 39.4 Å². The number of imide groups is 1. The third kappa shape index (κ3) is 4.73. The van der Waals surface area contributed by atoms with Crippen molar-refractivity contribution in [3.8, 4) is 5.69 Å². The summed E-state index contributed by atoms with van der Waals surface area (Å²) in [5.74, 6) is -2.09. The molecule has 1 aromatic heterocycles. The molecule has 2 aromatic carbocycles. The van der Waals surface area contributed by atoms with Crippen molar-refractivity contribution < 1.29 is 19.1 Å². The fraction of sp³-hybridized carbons (Fsp3) is 0.190. The summed E-state index contributed by atoms with van der Waals surface area (Å²) < 4.78 is 4.99. The molecule has 1 N–H and O–H groups in total. The van der Waals surface area contributed by atoms with Crippen LogP contribution in [0.15, 0.2) is 48.5 Å². The van der Waals surface area contributed by atoms with Crippen LogP contribution in [0.5, 0.6) is 0 Å². The Morgan fingerprint density at radius 3 is 2.41 bits per heavy atom. The highest BCUT2D eigenvalue weighted by Gasteiger charge is 2.20. The monoisotopic (exact) mass is 392 g/mol. The third-order valence-corrected chi connectivity index (χ3v) is 4.17. The van der Waals surface area contributed by atoms with Gasteiger partial charge in [0.1, 0.15) is 0 Å². The van der Waals surface area contributed by atoms with E-state index >= 15 is 0 Å². The van der Waals surface area contributed by atoms with Gasteiger partial charge in [0, 0.05) is 5.56 Å². The number of esters is 1. The molecule has 0 unspecified atom stereocenters. The summed E-state index contributed by atoms with van der Waals surface area (Å²) in [6, 6.07) is 14.0. The molecule has 0 radical (unpaired) electrons. The van der Waals surface area contributed by atoms with E-state index in [1.165, 1.54) is 4.80 Å². The van der Waals surface area contributed by atoms with E-state index in [1.54, 1.807) is 37.3 Å². The normalized spacial score (nSPS) is 10.4. The molecule has 0 atom stereocenters. The maximum Gasteiger partial charge on any atom is 0.361 e. The number of hydrogen-bond donors (Lipinski definition) is 1. The predicted octanol–water partition coefficient (Wildman–Crippen LogP) is 2.31. The second-order valence-corrected chi connectivity index (χ2v) is 6.53. The summed E-state index contributed by atoms with van der Waals surface area (Å²) >= 11 is 0. The molecule has 8 nitrogen and oxygen atoms in total. The van der Waals surface area contributed by atoms with Gasteiger partial charge >= 0.3 is 5.97 Å². The van der Waals surface area contributed by atoms with Crippen LogP contribution in [0.4, 0.5) is 0 Å². The third-order valence-electron chi connectivity index (χ3n) is 4.17. The van der Waals surface area contributed by atoms with Crippen molar-refractivity contribution in [2.24, 2.45) is 0 Å². The second kappa shape index (κ2) is 8.47. The number of nitrogens with one attached hydrogen (secondary N) is 1. The SMILES string of the molecule is Cc1ccc(-n2nc(C)c(C(=O)OCC(=O)NC(=O)c3ccccc3)n2)c(C)c1. The number of hydrogen-bond acceptors (Lipinski definition) is 6.